The summed E-state index contributed by atoms with van der Waals surface area (Å²) in [6.45, 7) is 4.06. The van der Waals surface area contributed by atoms with Crippen molar-refractivity contribution in [2.75, 3.05) is 23.3 Å². The highest BCUT2D eigenvalue weighted by Crippen LogP contribution is 2.30. The van der Waals surface area contributed by atoms with Crippen LogP contribution in [0.25, 0.3) is 10.9 Å². The lowest BCUT2D eigenvalue weighted by molar-refractivity contribution is 0.726. The molecule has 5 nitrogen and oxygen atoms in total. The van der Waals surface area contributed by atoms with Gasteiger partial charge in [0.15, 0.2) is 5.13 Å². The van der Waals surface area contributed by atoms with Crippen LogP contribution in [-0.4, -0.2) is 28.0 Å². The molecule has 1 aromatic carbocycles. The maximum absolute atomic E-state index is 6.20. The van der Waals surface area contributed by atoms with Gasteiger partial charge in [0, 0.05) is 34.6 Å². The maximum atomic E-state index is 6.20. The van der Waals surface area contributed by atoms with Crippen molar-refractivity contribution in [1.29, 1.82) is 0 Å². The predicted octanol–water partition coefficient (Wildman–Crippen LogP) is 5.17. The van der Waals surface area contributed by atoms with Crippen molar-refractivity contribution < 1.29 is 0 Å². The standard InChI is InChI=1S/C18H20ClN5S/c1-12-11-20-18(25-12)23-16-14-10-13(19)6-7-15(14)21-17(22-16)24-8-4-2-3-5-9-24/h6-7,10-11H,2-5,8-9H2,1H3,(H,20,21,22,23). The van der Waals surface area contributed by atoms with Crippen LogP contribution in [0, 0.1) is 6.92 Å². The normalized spacial score (nSPS) is 15.4. The molecule has 0 radical (unpaired) electrons. The first-order valence-electron chi connectivity index (χ1n) is 8.61. The Morgan fingerprint density at radius 2 is 1.92 bits per heavy atom. The van der Waals surface area contributed by atoms with E-state index in [2.05, 4.69) is 15.2 Å². The fraction of sp³-hybridized carbons (Fsp3) is 0.389. The number of nitrogens with zero attached hydrogens (tertiary/aromatic N) is 4. The highest BCUT2D eigenvalue weighted by atomic mass is 35.5. The number of anilines is 3. The third-order valence-corrected chi connectivity index (χ3v) is 5.44. The molecule has 130 valence electrons. The molecule has 3 heterocycles. The third kappa shape index (κ3) is 3.70. The van der Waals surface area contributed by atoms with Crippen LogP contribution in [0.4, 0.5) is 16.9 Å². The molecule has 3 aromatic rings. The first-order valence-corrected chi connectivity index (χ1v) is 9.80. The predicted molar refractivity (Wildman–Crippen MR) is 105 cm³/mol. The van der Waals surface area contributed by atoms with Crippen LogP contribution in [0.5, 0.6) is 0 Å². The molecule has 1 aliphatic heterocycles. The van der Waals surface area contributed by atoms with Gasteiger partial charge in [-0.3, -0.25) is 0 Å². The van der Waals surface area contributed by atoms with E-state index in [-0.39, 0.29) is 0 Å². The van der Waals surface area contributed by atoms with Gasteiger partial charge in [-0.05, 0) is 38.0 Å². The summed E-state index contributed by atoms with van der Waals surface area (Å²) in [5.74, 6) is 1.55. The first kappa shape index (κ1) is 16.5. The molecule has 4 rings (SSSR count). The molecule has 0 bridgehead atoms. The molecule has 0 amide bonds. The van der Waals surface area contributed by atoms with E-state index in [4.69, 9.17) is 21.6 Å². The smallest absolute Gasteiger partial charge is 0.227 e. The molecule has 25 heavy (non-hydrogen) atoms. The van der Waals surface area contributed by atoms with E-state index < -0.39 is 0 Å². The number of nitrogens with one attached hydrogen (secondary N) is 1. The van der Waals surface area contributed by atoms with Gasteiger partial charge in [-0.1, -0.05) is 24.4 Å². The van der Waals surface area contributed by atoms with Crippen molar-refractivity contribution in [3.05, 3.63) is 34.3 Å². The Labute approximate surface area is 156 Å². The van der Waals surface area contributed by atoms with Crippen molar-refractivity contribution in [1.82, 2.24) is 15.0 Å². The molecular formula is C18H20ClN5S. The summed E-state index contributed by atoms with van der Waals surface area (Å²) in [5, 5.41) is 5.79. The lowest BCUT2D eigenvalue weighted by Gasteiger charge is -2.21. The third-order valence-electron chi connectivity index (χ3n) is 4.38. The molecule has 0 saturated carbocycles. The quantitative estimate of drug-likeness (QED) is 0.686. The van der Waals surface area contributed by atoms with E-state index in [0.717, 1.165) is 45.8 Å². The average Bonchev–Trinajstić information content (AvgIpc) is 2.85. The van der Waals surface area contributed by atoms with Gasteiger partial charge >= 0.3 is 0 Å². The van der Waals surface area contributed by atoms with E-state index in [9.17, 15) is 0 Å². The van der Waals surface area contributed by atoms with Crippen LogP contribution >= 0.6 is 22.9 Å². The number of halogens is 1. The molecule has 0 unspecified atom stereocenters. The number of aryl methyl sites for hydroxylation is 1. The minimum Gasteiger partial charge on any atom is -0.341 e. The zero-order chi connectivity index (χ0) is 17.2. The minimum absolute atomic E-state index is 0.678. The van der Waals surface area contributed by atoms with Crippen molar-refractivity contribution in [3.63, 3.8) is 0 Å². The van der Waals surface area contributed by atoms with Gasteiger partial charge in [0.1, 0.15) is 5.82 Å². The first-order chi connectivity index (χ1) is 12.2. The van der Waals surface area contributed by atoms with Crippen LogP contribution < -0.4 is 10.2 Å². The second kappa shape index (κ2) is 7.14. The van der Waals surface area contributed by atoms with Gasteiger partial charge in [0.2, 0.25) is 5.95 Å². The maximum Gasteiger partial charge on any atom is 0.227 e. The monoisotopic (exact) mass is 373 g/mol. The highest BCUT2D eigenvalue weighted by Gasteiger charge is 2.16. The Morgan fingerprint density at radius 1 is 1.12 bits per heavy atom. The topological polar surface area (TPSA) is 53.9 Å². The van der Waals surface area contributed by atoms with E-state index in [1.807, 2.05) is 31.3 Å². The summed E-state index contributed by atoms with van der Waals surface area (Å²) >= 11 is 7.81. The number of hydrogen-bond acceptors (Lipinski definition) is 6. The highest BCUT2D eigenvalue weighted by molar-refractivity contribution is 7.15. The van der Waals surface area contributed by atoms with E-state index in [1.165, 1.54) is 25.7 Å². The molecule has 2 aromatic heterocycles. The summed E-state index contributed by atoms with van der Waals surface area (Å²) in [5.41, 5.74) is 0.898. The Kier molecular flexibility index (Phi) is 4.72. The molecule has 1 fully saturated rings. The van der Waals surface area contributed by atoms with E-state index in [1.54, 1.807) is 11.3 Å². The zero-order valence-electron chi connectivity index (χ0n) is 14.1. The number of thiazole rings is 1. The number of benzene rings is 1. The summed E-state index contributed by atoms with van der Waals surface area (Å²) in [4.78, 5) is 17.5. The second-order valence-electron chi connectivity index (χ2n) is 6.34. The van der Waals surface area contributed by atoms with Crippen molar-refractivity contribution in [3.8, 4) is 0 Å². The Hall–Kier alpha value is -1.92. The number of fused-ring (bicyclic) bond motifs is 1. The molecule has 0 aliphatic carbocycles. The molecule has 0 spiro atoms. The average molecular weight is 374 g/mol. The van der Waals surface area contributed by atoms with Crippen LogP contribution in [-0.2, 0) is 0 Å². The van der Waals surface area contributed by atoms with Crippen LogP contribution in [0.2, 0.25) is 5.02 Å². The van der Waals surface area contributed by atoms with Crippen molar-refractivity contribution >= 4 is 50.7 Å². The van der Waals surface area contributed by atoms with Crippen molar-refractivity contribution in [2.45, 2.75) is 32.6 Å². The van der Waals surface area contributed by atoms with Gasteiger partial charge in [0.05, 0.1) is 5.52 Å². The number of rotatable bonds is 3. The van der Waals surface area contributed by atoms with Gasteiger partial charge in [-0.2, -0.15) is 4.98 Å². The van der Waals surface area contributed by atoms with Gasteiger partial charge < -0.3 is 10.2 Å². The molecule has 7 heteroatoms. The molecular weight excluding hydrogens is 354 g/mol. The summed E-state index contributed by atoms with van der Waals surface area (Å²) in [7, 11) is 0. The molecule has 0 atom stereocenters. The second-order valence-corrected chi connectivity index (χ2v) is 8.01. The van der Waals surface area contributed by atoms with E-state index in [0.29, 0.717) is 5.02 Å². The van der Waals surface area contributed by atoms with E-state index >= 15 is 0 Å². The molecule has 1 N–H and O–H groups in total. The lowest BCUT2D eigenvalue weighted by atomic mass is 10.2. The zero-order valence-corrected chi connectivity index (χ0v) is 15.7. The van der Waals surface area contributed by atoms with Gasteiger partial charge in [-0.15, -0.1) is 11.3 Å². The van der Waals surface area contributed by atoms with Crippen LogP contribution in [0.3, 0.4) is 0 Å². The number of hydrogen-bond donors (Lipinski definition) is 1. The fourth-order valence-corrected chi connectivity index (χ4v) is 3.95. The summed E-state index contributed by atoms with van der Waals surface area (Å²) in [6.07, 6.45) is 6.80. The van der Waals surface area contributed by atoms with Crippen LogP contribution in [0.1, 0.15) is 30.6 Å². The SMILES string of the molecule is Cc1cnc(Nc2nc(N3CCCCCC3)nc3ccc(Cl)cc23)s1. The largest absolute Gasteiger partial charge is 0.341 e. The molecule has 1 aliphatic rings. The molecule has 1 saturated heterocycles. The summed E-state index contributed by atoms with van der Waals surface area (Å²) < 4.78 is 0. The van der Waals surface area contributed by atoms with Crippen LogP contribution in [0.15, 0.2) is 24.4 Å². The van der Waals surface area contributed by atoms with Gasteiger partial charge in [-0.25, -0.2) is 9.97 Å². The Bertz CT molecular complexity index is 886. The lowest BCUT2D eigenvalue weighted by Crippen LogP contribution is -2.26. The van der Waals surface area contributed by atoms with Crippen molar-refractivity contribution in [2.24, 2.45) is 0 Å². The van der Waals surface area contributed by atoms with Gasteiger partial charge in [0.25, 0.3) is 0 Å². The number of aromatic nitrogens is 3. The minimum atomic E-state index is 0.678. The fourth-order valence-electron chi connectivity index (χ4n) is 3.11. The Morgan fingerprint density at radius 3 is 2.64 bits per heavy atom. The Balaban J connectivity index is 1.78. The summed E-state index contributed by atoms with van der Waals surface area (Å²) in [6, 6.07) is 5.74.